The first-order chi connectivity index (χ1) is 4.20. The number of nitrogens with zero attached hydrogens (tertiary/aromatic N) is 1. The minimum absolute atomic E-state index is 0.185. The van der Waals surface area contributed by atoms with E-state index in [4.69, 9.17) is 5.73 Å². The zero-order valence-corrected chi connectivity index (χ0v) is 6.18. The fourth-order valence-electron chi connectivity index (χ4n) is 0.505. The quantitative estimate of drug-likeness (QED) is 0.604. The molecule has 0 saturated carbocycles. The van der Waals surface area contributed by atoms with E-state index in [1.54, 1.807) is 0 Å². The maximum absolute atomic E-state index is 10.5. The molecular weight excluding hydrogens is 184 g/mol. The van der Waals surface area contributed by atoms with Gasteiger partial charge in [0.2, 0.25) is 0 Å². The van der Waals surface area contributed by atoms with Gasteiger partial charge < -0.3 is 5.73 Å². The zero-order valence-electron chi connectivity index (χ0n) is 4.60. The van der Waals surface area contributed by atoms with Gasteiger partial charge in [-0.15, -0.1) is 0 Å². The molecule has 0 unspecified atom stereocenters. The van der Waals surface area contributed by atoms with Crippen molar-refractivity contribution in [2.75, 3.05) is 0 Å². The molecule has 3 nitrogen and oxygen atoms in total. The molecule has 0 saturated heterocycles. The van der Waals surface area contributed by atoms with Gasteiger partial charge in [-0.05, 0) is 15.9 Å². The molecule has 0 aromatic heterocycles. The molecule has 0 aromatic rings. The van der Waals surface area contributed by atoms with Crippen molar-refractivity contribution in [1.29, 1.82) is 0 Å². The Morgan fingerprint density at radius 1 is 1.78 bits per heavy atom. The Balaban J connectivity index is 2.87. The average Bonchev–Trinajstić information content (AvgIpc) is 1.80. The smallest absolute Gasteiger partial charge is 0.251 e. The molecule has 0 spiro atoms. The highest BCUT2D eigenvalue weighted by atomic mass is 79.9. The van der Waals surface area contributed by atoms with Crippen molar-refractivity contribution in [2.45, 2.75) is 6.42 Å². The molecule has 0 radical (unpaired) electrons. The van der Waals surface area contributed by atoms with Gasteiger partial charge in [-0.1, -0.05) is 0 Å². The first kappa shape index (κ1) is 6.48. The number of rotatable bonds is 0. The molecule has 4 heteroatoms. The van der Waals surface area contributed by atoms with E-state index in [0.29, 0.717) is 10.2 Å². The van der Waals surface area contributed by atoms with E-state index in [-0.39, 0.29) is 12.3 Å². The molecule has 0 aliphatic carbocycles. The SMILES string of the molecule is NC1=C(Br)C=NC(=O)C1. The second-order valence-corrected chi connectivity index (χ2v) is 2.56. The van der Waals surface area contributed by atoms with Crippen molar-refractivity contribution >= 4 is 28.1 Å². The standard InChI is InChI=1S/C5H5BrN2O/c6-3-2-8-5(9)1-4(3)7/h2H,1,7H2. The van der Waals surface area contributed by atoms with Gasteiger partial charge in [0, 0.05) is 11.9 Å². The minimum Gasteiger partial charge on any atom is -0.401 e. The van der Waals surface area contributed by atoms with Crippen LogP contribution in [0, 0.1) is 0 Å². The third-order valence-corrected chi connectivity index (χ3v) is 1.68. The van der Waals surface area contributed by atoms with Crippen molar-refractivity contribution in [3.05, 3.63) is 10.2 Å². The average molecular weight is 189 g/mol. The summed E-state index contributed by atoms with van der Waals surface area (Å²) in [5, 5.41) is 0. The third-order valence-electron chi connectivity index (χ3n) is 0.970. The summed E-state index contributed by atoms with van der Waals surface area (Å²) in [6.45, 7) is 0. The van der Waals surface area contributed by atoms with Gasteiger partial charge in [0.25, 0.3) is 5.91 Å². The summed E-state index contributed by atoms with van der Waals surface area (Å²) >= 11 is 3.13. The van der Waals surface area contributed by atoms with E-state index in [0.717, 1.165) is 0 Å². The van der Waals surface area contributed by atoms with Gasteiger partial charge in [-0.3, -0.25) is 4.79 Å². The van der Waals surface area contributed by atoms with Crippen LogP contribution in [0.4, 0.5) is 0 Å². The van der Waals surface area contributed by atoms with Gasteiger partial charge in [-0.2, -0.15) is 0 Å². The molecule has 9 heavy (non-hydrogen) atoms. The molecule has 1 aliphatic heterocycles. The topological polar surface area (TPSA) is 55.4 Å². The molecule has 1 rings (SSSR count). The van der Waals surface area contributed by atoms with Crippen molar-refractivity contribution in [3.8, 4) is 0 Å². The highest BCUT2D eigenvalue weighted by Crippen LogP contribution is 2.12. The molecule has 1 aliphatic rings. The lowest BCUT2D eigenvalue weighted by Crippen LogP contribution is -2.10. The summed E-state index contributed by atoms with van der Waals surface area (Å²) in [6, 6.07) is 0. The van der Waals surface area contributed by atoms with Crippen LogP contribution in [-0.4, -0.2) is 12.1 Å². The fourth-order valence-corrected chi connectivity index (χ4v) is 0.747. The van der Waals surface area contributed by atoms with Crippen molar-refractivity contribution < 1.29 is 4.79 Å². The Morgan fingerprint density at radius 2 is 2.44 bits per heavy atom. The lowest BCUT2D eigenvalue weighted by Gasteiger charge is -2.02. The Morgan fingerprint density at radius 3 is 2.89 bits per heavy atom. The molecule has 0 atom stereocenters. The summed E-state index contributed by atoms with van der Waals surface area (Å²) < 4.78 is 0.710. The van der Waals surface area contributed by atoms with Crippen LogP contribution in [0.15, 0.2) is 15.2 Å². The van der Waals surface area contributed by atoms with E-state index < -0.39 is 0 Å². The first-order valence-corrected chi connectivity index (χ1v) is 3.20. The number of nitrogens with two attached hydrogens (primary N) is 1. The van der Waals surface area contributed by atoms with Crippen LogP contribution < -0.4 is 5.73 Å². The van der Waals surface area contributed by atoms with Gasteiger partial charge in [0.05, 0.1) is 10.9 Å². The summed E-state index contributed by atoms with van der Waals surface area (Å²) in [4.78, 5) is 14.0. The third kappa shape index (κ3) is 1.38. The highest BCUT2D eigenvalue weighted by molar-refractivity contribution is 9.12. The molecular formula is C5H5BrN2O. The van der Waals surface area contributed by atoms with Crippen LogP contribution in [-0.2, 0) is 4.79 Å². The Labute approximate surface area is 60.8 Å². The number of carbonyl (C=O) groups excluding carboxylic acids is 1. The van der Waals surface area contributed by atoms with Crippen LogP contribution in [0.5, 0.6) is 0 Å². The fraction of sp³-hybridized carbons (Fsp3) is 0.200. The van der Waals surface area contributed by atoms with E-state index in [1.165, 1.54) is 6.21 Å². The zero-order chi connectivity index (χ0) is 6.85. The highest BCUT2D eigenvalue weighted by Gasteiger charge is 2.08. The van der Waals surface area contributed by atoms with E-state index in [1.807, 2.05) is 0 Å². The van der Waals surface area contributed by atoms with Crippen molar-refractivity contribution in [3.63, 3.8) is 0 Å². The lowest BCUT2D eigenvalue weighted by atomic mass is 10.2. The predicted molar refractivity (Wildman–Crippen MR) is 38.3 cm³/mol. The molecule has 0 bridgehead atoms. The molecule has 1 heterocycles. The molecule has 0 aromatic carbocycles. The molecule has 2 N–H and O–H groups in total. The van der Waals surface area contributed by atoms with Gasteiger partial charge in [0.1, 0.15) is 0 Å². The van der Waals surface area contributed by atoms with Crippen molar-refractivity contribution in [1.82, 2.24) is 0 Å². The first-order valence-electron chi connectivity index (χ1n) is 2.41. The Hall–Kier alpha value is -0.640. The van der Waals surface area contributed by atoms with Crippen LogP contribution in [0.2, 0.25) is 0 Å². The largest absolute Gasteiger partial charge is 0.401 e. The second kappa shape index (κ2) is 2.31. The minimum atomic E-state index is -0.185. The number of hydrogen-bond acceptors (Lipinski definition) is 2. The summed E-state index contributed by atoms with van der Waals surface area (Å²) in [7, 11) is 0. The Bertz CT molecular complexity index is 207. The van der Waals surface area contributed by atoms with E-state index in [2.05, 4.69) is 20.9 Å². The van der Waals surface area contributed by atoms with Crippen LogP contribution in [0.3, 0.4) is 0 Å². The van der Waals surface area contributed by atoms with Gasteiger partial charge in [-0.25, -0.2) is 4.99 Å². The van der Waals surface area contributed by atoms with Gasteiger partial charge >= 0.3 is 0 Å². The van der Waals surface area contributed by atoms with Crippen LogP contribution >= 0.6 is 15.9 Å². The van der Waals surface area contributed by atoms with Crippen LogP contribution in [0.25, 0.3) is 0 Å². The van der Waals surface area contributed by atoms with E-state index in [9.17, 15) is 4.79 Å². The number of amides is 1. The monoisotopic (exact) mass is 188 g/mol. The molecule has 0 fully saturated rings. The summed E-state index contributed by atoms with van der Waals surface area (Å²) in [5.41, 5.74) is 5.94. The lowest BCUT2D eigenvalue weighted by molar-refractivity contribution is -0.117. The molecule has 48 valence electrons. The maximum atomic E-state index is 10.5. The number of halogens is 1. The summed E-state index contributed by atoms with van der Waals surface area (Å²) in [5.74, 6) is -0.185. The number of allylic oxidation sites excluding steroid dienone is 1. The van der Waals surface area contributed by atoms with Gasteiger partial charge in [0.15, 0.2) is 0 Å². The number of dihydropyridines is 1. The number of aliphatic imine (C=N–C) groups is 1. The normalized spacial score (nSPS) is 19.0. The second-order valence-electron chi connectivity index (χ2n) is 1.70. The molecule has 1 amide bonds. The van der Waals surface area contributed by atoms with Crippen molar-refractivity contribution in [2.24, 2.45) is 10.7 Å². The number of carbonyl (C=O) groups is 1. The maximum Gasteiger partial charge on any atom is 0.251 e. The van der Waals surface area contributed by atoms with E-state index >= 15 is 0 Å². The number of hydrogen-bond donors (Lipinski definition) is 1. The summed E-state index contributed by atoms with van der Waals surface area (Å²) in [6.07, 6.45) is 1.65. The van der Waals surface area contributed by atoms with Crippen LogP contribution in [0.1, 0.15) is 6.42 Å². The predicted octanol–water partition coefficient (Wildman–Crippen LogP) is 0.553. The Kier molecular flexibility index (Phi) is 1.66.